The van der Waals surface area contributed by atoms with Crippen molar-refractivity contribution >= 4 is 35.6 Å². The first-order valence-corrected chi connectivity index (χ1v) is 10.7. The van der Waals surface area contributed by atoms with Crippen LogP contribution in [0, 0.1) is 0 Å². The second-order valence-corrected chi connectivity index (χ2v) is 7.63. The van der Waals surface area contributed by atoms with E-state index < -0.39 is 5.97 Å². The monoisotopic (exact) mass is 420 g/mol. The minimum absolute atomic E-state index is 0.0887. The topological polar surface area (TPSA) is 86.7 Å². The van der Waals surface area contributed by atoms with Crippen LogP contribution in [-0.2, 0) is 20.9 Å². The third-order valence-electron chi connectivity index (χ3n) is 5.31. The Kier molecular flexibility index (Phi) is 7.98. The molecule has 2 N–H and O–H groups in total. The van der Waals surface area contributed by atoms with Gasteiger partial charge in [-0.2, -0.15) is 0 Å². The number of hydrogen-bond donors (Lipinski definition) is 2. The number of para-hydroxylation sites is 1. The van der Waals surface area contributed by atoms with Crippen LogP contribution < -0.4 is 10.2 Å². The highest BCUT2D eigenvalue weighted by Crippen LogP contribution is 2.29. The van der Waals surface area contributed by atoms with Crippen molar-refractivity contribution in [3.63, 3.8) is 0 Å². The summed E-state index contributed by atoms with van der Waals surface area (Å²) in [5.41, 5.74) is 3.95. The number of anilines is 1. The van der Waals surface area contributed by atoms with Gasteiger partial charge in [0.1, 0.15) is 0 Å². The van der Waals surface area contributed by atoms with E-state index in [-0.39, 0.29) is 31.1 Å². The molecule has 1 aliphatic heterocycles. The van der Waals surface area contributed by atoms with Gasteiger partial charge >= 0.3 is 5.97 Å². The molecule has 0 aromatic heterocycles. The molecule has 2 aromatic carbocycles. The van der Waals surface area contributed by atoms with Gasteiger partial charge in [0.25, 0.3) is 0 Å². The molecule has 0 fully saturated rings. The molecule has 31 heavy (non-hydrogen) atoms. The molecule has 2 aromatic rings. The Balaban J connectivity index is 1.57. The van der Waals surface area contributed by atoms with E-state index in [0.717, 1.165) is 35.2 Å². The first-order chi connectivity index (χ1) is 15.0. The quantitative estimate of drug-likeness (QED) is 0.594. The number of amides is 2. The highest BCUT2D eigenvalue weighted by molar-refractivity contribution is 5.98. The molecule has 162 valence electrons. The van der Waals surface area contributed by atoms with E-state index >= 15 is 0 Å². The predicted molar refractivity (Wildman–Crippen MR) is 121 cm³/mol. The van der Waals surface area contributed by atoms with Crippen LogP contribution in [0.25, 0.3) is 12.2 Å². The Hall–Kier alpha value is -3.41. The summed E-state index contributed by atoms with van der Waals surface area (Å²) in [5, 5.41) is 11.4. The van der Waals surface area contributed by atoms with Crippen molar-refractivity contribution in [2.75, 3.05) is 11.4 Å². The fourth-order valence-electron chi connectivity index (χ4n) is 3.62. The number of unbranched alkanes of at least 4 members (excludes halogenated alkanes) is 2. The molecular weight excluding hydrogens is 392 g/mol. The summed E-state index contributed by atoms with van der Waals surface area (Å²) in [6.45, 7) is 0.957. The van der Waals surface area contributed by atoms with E-state index in [1.54, 1.807) is 4.90 Å². The van der Waals surface area contributed by atoms with Crippen LogP contribution in [0.15, 0.2) is 48.5 Å². The van der Waals surface area contributed by atoms with Gasteiger partial charge in [-0.25, -0.2) is 0 Å². The Bertz CT molecular complexity index is 967. The molecule has 6 heteroatoms. The molecular formula is C25H28N2O4. The van der Waals surface area contributed by atoms with Crippen LogP contribution in [-0.4, -0.2) is 29.4 Å². The molecule has 0 aliphatic carbocycles. The number of carboxylic acid groups (broad SMARTS) is 1. The van der Waals surface area contributed by atoms with Gasteiger partial charge in [0.05, 0.1) is 12.2 Å². The summed E-state index contributed by atoms with van der Waals surface area (Å²) in [4.78, 5) is 37.5. The molecule has 1 aliphatic rings. The number of nitrogens with one attached hydrogen (secondary N) is 1. The molecule has 2 amide bonds. The van der Waals surface area contributed by atoms with Gasteiger partial charge in [0.15, 0.2) is 0 Å². The second-order valence-electron chi connectivity index (χ2n) is 7.63. The van der Waals surface area contributed by atoms with Crippen LogP contribution in [0.3, 0.4) is 0 Å². The number of aliphatic carboxylic acids is 1. The highest BCUT2D eigenvalue weighted by atomic mass is 16.4. The summed E-state index contributed by atoms with van der Waals surface area (Å²) in [7, 11) is 0. The van der Waals surface area contributed by atoms with Gasteiger partial charge in [-0.05, 0) is 35.6 Å². The van der Waals surface area contributed by atoms with E-state index in [2.05, 4.69) is 11.4 Å². The largest absolute Gasteiger partial charge is 0.481 e. The second kappa shape index (κ2) is 11.1. The molecule has 0 saturated carbocycles. The normalized spacial score (nSPS) is 12.3. The van der Waals surface area contributed by atoms with Crippen molar-refractivity contribution < 1.29 is 19.5 Å². The van der Waals surface area contributed by atoms with Crippen LogP contribution in [0.5, 0.6) is 0 Å². The summed E-state index contributed by atoms with van der Waals surface area (Å²) in [5.74, 6) is -1.05. The minimum atomic E-state index is -0.800. The Morgan fingerprint density at radius 1 is 0.839 bits per heavy atom. The van der Waals surface area contributed by atoms with E-state index in [9.17, 15) is 14.4 Å². The van der Waals surface area contributed by atoms with Gasteiger partial charge in [0, 0.05) is 25.8 Å². The molecule has 1 heterocycles. The first kappa shape index (κ1) is 22.3. The fraction of sp³-hybridized carbons (Fsp3) is 0.320. The summed E-state index contributed by atoms with van der Waals surface area (Å²) >= 11 is 0. The number of nitrogens with zero attached hydrogens (tertiary/aromatic N) is 1. The molecule has 0 bridgehead atoms. The third kappa shape index (κ3) is 6.54. The summed E-state index contributed by atoms with van der Waals surface area (Å²) < 4.78 is 0. The van der Waals surface area contributed by atoms with Crippen LogP contribution in [0.1, 0.15) is 55.2 Å². The number of fused-ring (bicyclic) bond motifs is 2. The van der Waals surface area contributed by atoms with E-state index in [4.69, 9.17) is 5.11 Å². The van der Waals surface area contributed by atoms with E-state index in [1.807, 2.05) is 54.6 Å². The Labute approximate surface area is 182 Å². The Morgan fingerprint density at radius 2 is 1.55 bits per heavy atom. The highest BCUT2D eigenvalue weighted by Gasteiger charge is 2.21. The molecule has 0 saturated heterocycles. The number of carbonyl (C=O) groups excluding carboxylic acids is 2. The van der Waals surface area contributed by atoms with E-state index in [1.165, 1.54) is 0 Å². The molecule has 0 atom stereocenters. The lowest BCUT2D eigenvalue weighted by Gasteiger charge is -2.27. The SMILES string of the molecule is O=C(O)CCCCCNC(=O)CCC(=O)N1Cc2ccccc2C=Cc2ccccc21. The minimum Gasteiger partial charge on any atom is -0.481 e. The predicted octanol–water partition coefficient (Wildman–Crippen LogP) is 4.25. The van der Waals surface area contributed by atoms with Crippen LogP contribution in [0.2, 0.25) is 0 Å². The molecule has 3 rings (SSSR count). The summed E-state index contributed by atoms with van der Waals surface area (Å²) in [6.07, 6.45) is 6.59. The average molecular weight is 421 g/mol. The van der Waals surface area contributed by atoms with Gasteiger partial charge in [-0.3, -0.25) is 14.4 Å². The smallest absolute Gasteiger partial charge is 0.303 e. The maximum atomic E-state index is 13.1. The maximum Gasteiger partial charge on any atom is 0.303 e. The van der Waals surface area contributed by atoms with Gasteiger partial charge < -0.3 is 15.3 Å². The molecule has 0 radical (unpaired) electrons. The molecule has 0 unspecified atom stereocenters. The standard InChI is InChI=1S/C25H28N2O4/c28-23(26-17-7-1-2-12-25(30)31)15-16-24(29)27-18-21-10-4-3-8-19(21)13-14-20-9-5-6-11-22(20)27/h3-6,8-11,13-14H,1-2,7,12,15-18H2,(H,26,28)(H,30,31). The van der Waals surface area contributed by atoms with Crippen molar-refractivity contribution in [3.05, 3.63) is 65.2 Å². The van der Waals surface area contributed by atoms with Crippen molar-refractivity contribution in [1.82, 2.24) is 5.32 Å². The number of hydrogen-bond acceptors (Lipinski definition) is 3. The van der Waals surface area contributed by atoms with Crippen molar-refractivity contribution in [1.29, 1.82) is 0 Å². The zero-order valence-corrected chi connectivity index (χ0v) is 17.5. The molecule has 6 nitrogen and oxygen atoms in total. The average Bonchev–Trinajstić information content (AvgIpc) is 2.76. The van der Waals surface area contributed by atoms with Crippen molar-refractivity contribution in [2.45, 2.75) is 45.1 Å². The maximum absolute atomic E-state index is 13.1. The van der Waals surface area contributed by atoms with Crippen molar-refractivity contribution in [2.24, 2.45) is 0 Å². The Morgan fingerprint density at radius 3 is 2.35 bits per heavy atom. The van der Waals surface area contributed by atoms with Crippen LogP contribution in [0.4, 0.5) is 5.69 Å². The zero-order chi connectivity index (χ0) is 22.1. The molecule has 0 spiro atoms. The third-order valence-corrected chi connectivity index (χ3v) is 5.31. The number of carbonyl (C=O) groups is 3. The lowest BCUT2D eigenvalue weighted by molar-refractivity contribution is -0.137. The number of carboxylic acids is 1. The van der Waals surface area contributed by atoms with Gasteiger partial charge in [-0.15, -0.1) is 0 Å². The lowest BCUT2D eigenvalue weighted by atomic mass is 10.0. The number of rotatable bonds is 9. The van der Waals surface area contributed by atoms with Gasteiger partial charge in [-0.1, -0.05) is 61.0 Å². The van der Waals surface area contributed by atoms with Crippen molar-refractivity contribution in [3.8, 4) is 0 Å². The van der Waals surface area contributed by atoms with E-state index in [0.29, 0.717) is 19.5 Å². The first-order valence-electron chi connectivity index (χ1n) is 10.7. The van der Waals surface area contributed by atoms with Crippen LogP contribution >= 0.6 is 0 Å². The fourth-order valence-corrected chi connectivity index (χ4v) is 3.62. The summed E-state index contributed by atoms with van der Waals surface area (Å²) in [6, 6.07) is 15.8. The number of benzene rings is 2. The van der Waals surface area contributed by atoms with Gasteiger partial charge in [0.2, 0.25) is 11.8 Å². The lowest BCUT2D eigenvalue weighted by Crippen LogP contribution is -2.33. The zero-order valence-electron chi connectivity index (χ0n) is 17.5.